The lowest BCUT2D eigenvalue weighted by Gasteiger charge is -2.26. The largest absolute Gasteiger partial charge is 0.315 e. The number of halogens is 1. The van der Waals surface area contributed by atoms with Crippen molar-refractivity contribution in [3.63, 3.8) is 0 Å². The predicted octanol–water partition coefficient (Wildman–Crippen LogP) is 7.48. The molecule has 2 aliphatic heterocycles. The van der Waals surface area contributed by atoms with Crippen LogP contribution >= 0.6 is 15.9 Å². The molecule has 10 rings (SSSR count). The first-order chi connectivity index (χ1) is 30.4. The summed E-state index contributed by atoms with van der Waals surface area (Å²) in [5.41, 5.74) is 7.91. The Morgan fingerprint density at radius 2 is 1.10 bits per heavy atom. The molecule has 0 bridgehead atoms. The lowest BCUT2D eigenvalue weighted by Crippen LogP contribution is -2.31. The van der Waals surface area contributed by atoms with Crippen LogP contribution in [0.5, 0.6) is 0 Å². The van der Waals surface area contributed by atoms with Crippen molar-refractivity contribution in [2.75, 3.05) is 39.3 Å². The van der Waals surface area contributed by atoms with Gasteiger partial charge in [0.1, 0.15) is 4.60 Å². The van der Waals surface area contributed by atoms with Crippen molar-refractivity contribution in [2.45, 2.75) is 64.5 Å². The van der Waals surface area contributed by atoms with Gasteiger partial charge in [0.05, 0.1) is 36.2 Å². The number of aromatic nitrogens is 10. The molecule has 0 N–H and O–H groups in total. The molecule has 8 aromatic rings. The minimum Gasteiger partial charge on any atom is -0.315 e. The quantitative estimate of drug-likeness (QED) is 0.123. The zero-order valence-corrected chi connectivity index (χ0v) is 36.4. The third-order valence-electron chi connectivity index (χ3n) is 11.9. The third-order valence-corrected chi connectivity index (χ3v) is 12.4. The number of piperidine rings is 2. The number of aryl methyl sites for hydroxylation is 2. The number of hydrogen-bond donors (Lipinski definition) is 0. The molecule has 1 aromatic carbocycles. The molecule has 0 saturated carbocycles. The normalized spacial score (nSPS) is 14.9. The average Bonchev–Trinajstić information content (AvgIpc) is 4.09. The van der Waals surface area contributed by atoms with Crippen molar-refractivity contribution in [1.82, 2.24) is 57.9 Å². The number of imidazole rings is 2. The Labute approximate surface area is 368 Å². The van der Waals surface area contributed by atoms with Crippen molar-refractivity contribution in [2.24, 2.45) is 0 Å². The summed E-state index contributed by atoms with van der Waals surface area (Å²) in [4.78, 5) is 39.1. The fourth-order valence-electron chi connectivity index (χ4n) is 8.50. The first-order valence-electron chi connectivity index (χ1n) is 21.8. The van der Waals surface area contributed by atoms with Crippen LogP contribution in [0.25, 0.3) is 50.5 Å². The topological polar surface area (TPSA) is 129 Å². The first-order valence-corrected chi connectivity index (χ1v) is 22.5. The molecule has 0 amide bonds. The van der Waals surface area contributed by atoms with E-state index in [0.29, 0.717) is 0 Å². The van der Waals surface area contributed by atoms with E-state index in [0.717, 1.165) is 94.1 Å². The molecule has 318 valence electrons. The van der Waals surface area contributed by atoms with Crippen molar-refractivity contribution in [3.8, 4) is 39.2 Å². The van der Waals surface area contributed by atoms with E-state index in [-0.39, 0.29) is 11.1 Å². The molecule has 0 spiro atoms. The van der Waals surface area contributed by atoms with Crippen LogP contribution in [0, 0.1) is 0 Å². The summed E-state index contributed by atoms with van der Waals surface area (Å²) >= 11 is 3.40. The molecular weight excluding hydrogens is 845 g/mol. The van der Waals surface area contributed by atoms with Crippen LogP contribution in [0.1, 0.15) is 51.4 Å². The molecule has 7 aromatic heterocycles. The molecule has 0 atom stereocenters. The highest BCUT2D eigenvalue weighted by molar-refractivity contribution is 9.10. The maximum Gasteiger partial charge on any atom is 0.251 e. The highest BCUT2D eigenvalue weighted by atomic mass is 79.9. The second kappa shape index (κ2) is 19.3. The molecule has 0 aliphatic carbocycles. The van der Waals surface area contributed by atoms with Crippen LogP contribution in [0.2, 0.25) is 0 Å². The minimum atomic E-state index is 0.0190. The Morgan fingerprint density at radius 3 is 1.68 bits per heavy atom. The number of fused-ring (bicyclic) bond motifs is 2. The van der Waals surface area contributed by atoms with Crippen molar-refractivity contribution < 1.29 is 0 Å². The molecule has 9 heterocycles. The van der Waals surface area contributed by atoms with Crippen LogP contribution in [0.3, 0.4) is 0 Å². The van der Waals surface area contributed by atoms with E-state index in [1.54, 1.807) is 50.6 Å². The zero-order chi connectivity index (χ0) is 42.3. The number of benzene rings is 1. The number of pyridine rings is 2. The lowest BCUT2D eigenvalue weighted by atomic mass is 10.1. The smallest absolute Gasteiger partial charge is 0.251 e. The molecule has 0 radical (unpaired) electrons. The summed E-state index contributed by atoms with van der Waals surface area (Å²) in [7, 11) is 0. The van der Waals surface area contributed by atoms with Crippen LogP contribution in [0.15, 0.2) is 130 Å². The van der Waals surface area contributed by atoms with Gasteiger partial charge in [0.15, 0.2) is 11.3 Å². The van der Waals surface area contributed by atoms with E-state index in [4.69, 9.17) is 0 Å². The van der Waals surface area contributed by atoms with Gasteiger partial charge in [0, 0.05) is 66.7 Å². The summed E-state index contributed by atoms with van der Waals surface area (Å²) < 4.78 is 9.78. The Hall–Kier alpha value is -6.03. The van der Waals surface area contributed by atoms with E-state index in [1.165, 1.54) is 64.7 Å². The zero-order valence-electron chi connectivity index (χ0n) is 34.8. The third kappa shape index (κ3) is 9.70. The summed E-state index contributed by atoms with van der Waals surface area (Å²) in [6.45, 7) is 8.42. The van der Waals surface area contributed by atoms with Gasteiger partial charge in [-0.25, -0.2) is 23.7 Å². The van der Waals surface area contributed by atoms with Crippen molar-refractivity contribution >= 4 is 27.2 Å². The van der Waals surface area contributed by atoms with Gasteiger partial charge in [-0.05, 0) is 147 Å². The van der Waals surface area contributed by atoms with E-state index in [2.05, 4.69) is 57.1 Å². The number of nitrogens with zero attached hydrogens (tertiary/aromatic N) is 12. The molecule has 15 heteroatoms. The van der Waals surface area contributed by atoms with E-state index in [9.17, 15) is 9.59 Å². The summed E-state index contributed by atoms with van der Waals surface area (Å²) in [5, 5.41) is 13.3. The SMILES string of the molecule is O=c1cc(-c2cnn3c(-c4cccc(-n5cccn5)c4)cnc3c2)ccn1CCCN1CCCCC1.O=c1cc(-c2cnn3c(Br)cnc3c2)ccn1CCCN1CCCCC1. The van der Waals surface area contributed by atoms with Gasteiger partial charge in [-0.15, -0.1) is 0 Å². The Morgan fingerprint density at radius 1 is 0.516 bits per heavy atom. The van der Waals surface area contributed by atoms with E-state index in [1.807, 2.05) is 82.5 Å². The maximum atomic E-state index is 12.8. The van der Waals surface area contributed by atoms with Crippen LogP contribution in [-0.4, -0.2) is 97.2 Å². The fourth-order valence-corrected chi connectivity index (χ4v) is 8.88. The predicted molar refractivity (Wildman–Crippen MR) is 245 cm³/mol. The lowest BCUT2D eigenvalue weighted by molar-refractivity contribution is 0.222. The summed E-state index contributed by atoms with van der Waals surface area (Å²) in [6, 6.07) is 21.3. The highest BCUT2D eigenvalue weighted by Gasteiger charge is 2.14. The van der Waals surface area contributed by atoms with Gasteiger partial charge in [0.25, 0.3) is 11.1 Å². The highest BCUT2D eigenvalue weighted by Crippen LogP contribution is 2.25. The second-order valence-electron chi connectivity index (χ2n) is 16.2. The first kappa shape index (κ1) is 41.3. The summed E-state index contributed by atoms with van der Waals surface area (Å²) in [6.07, 6.45) is 24.5. The molecule has 0 unspecified atom stereocenters. The molecule has 2 fully saturated rings. The average molecular weight is 896 g/mol. The van der Waals surface area contributed by atoms with Gasteiger partial charge in [-0.1, -0.05) is 25.0 Å². The van der Waals surface area contributed by atoms with Crippen LogP contribution in [-0.2, 0) is 13.1 Å². The molecule has 14 nitrogen and oxygen atoms in total. The minimum absolute atomic E-state index is 0.0190. The van der Waals surface area contributed by atoms with Crippen molar-refractivity contribution in [1.29, 1.82) is 0 Å². The van der Waals surface area contributed by atoms with Gasteiger partial charge in [-0.3, -0.25) is 9.59 Å². The Balaban J connectivity index is 0.000000167. The second-order valence-corrected chi connectivity index (χ2v) is 17.0. The van der Waals surface area contributed by atoms with Crippen LogP contribution < -0.4 is 11.1 Å². The number of hydrogen-bond acceptors (Lipinski definition) is 9. The standard InChI is InChI=1S/C28H29N7O.C19H22BrN5O/c36-28-19-22(9-16-33(28)14-6-13-32-11-2-1-3-12-32)24-18-27-29-21-26(35(27)31-20-24)23-7-4-8-25(17-23)34-15-5-10-30-34;20-17-14-21-18-11-16(13-22-25(17)18)15-5-10-24(19(26)12-15)9-4-8-23-6-2-1-3-7-23/h4-5,7-10,15-21H,1-3,6,11-14H2;5,10-14H,1-4,6-9H2. The summed E-state index contributed by atoms with van der Waals surface area (Å²) in [5.74, 6) is 0. The fraction of sp³-hybridized carbons (Fsp3) is 0.340. The van der Waals surface area contributed by atoms with Gasteiger partial charge < -0.3 is 18.9 Å². The molecular formula is C47H51BrN12O2. The Bertz CT molecular complexity index is 2870. The van der Waals surface area contributed by atoms with Gasteiger partial charge >= 0.3 is 0 Å². The monoisotopic (exact) mass is 894 g/mol. The van der Waals surface area contributed by atoms with E-state index >= 15 is 0 Å². The molecule has 2 aliphatic rings. The molecule has 2 saturated heterocycles. The van der Waals surface area contributed by atoms with E-state index < -0.39 is 0 Å². The van der Waals surface area contributed by atoms with Gasteiger partial charge in [0.2, 0.25) is 0 Å². The van der Waals surface area contributed by atoms with Crippen molar-refractivity contribution in [3.05, 3.63) is 142 Å². The maximum absolute atomic E-state index is 12.8. The number of rotatable bonds is 12. The van der Waals surface area contributed by atoms with Gasteiger partial charge in [-0.2, -0.15) is 15.3 Å². The Kier molecular flexibility index (Phi) is 12.9. The van der Waals surface area contributed by atoms with Crippen LogP contribution in [0.4, 0.5) is 0 Å². The molecule has 62 heavy (non-hydrogen) atoms. The number of likely N-dealkylation sites (tertiary alicyclic amines) is 2.